The minimum atomic E-state index is -4.37. The molecule has 112 valence electrons. The van der Waals surface area contributed by atoms with Crippen LogP contribution in [0.15, 0.2) is 30.5 Å². The minimum Gasteiger partial charge on any atom is -0.382 e. The summed E-state index contributed by atoms with van der Waals surface area (Å²) in [4.78, 5) is 3.93. The number of nitrogens with zero attached hydrogens (tertiary/aromatic N) is 1. The van der Waals surface area contributed by atoms with Gasteiger partial charge >= 0.3 is 6.18 Å². The van der Waals surface area contributed by atoms with E-state index in [1.807, 2.05) is 12.1 Å². The van der Waals surface area contributed by atoms with E-state index in [0.717, 1.165) is 37.8 Å². The van der Waals surface area contributed by atoms with Crippen LogP contribution in [0.4, 0.5) is 18.9 Å². The summed E-state index contributed by atoms with van der Waals surface area (Å²) in [6, 6.07) is 6.80. The van der Waals surface area contributed by atoms with Crippen molar-refractivity contribution < 1.29 is 13.2 Å². The number of alkyl halides is 3. The fourth-order valence-corrected chi connectivity index (χ4v) is 2.62. The molecule has 0 amide bonds. The van der Waals surface area contributed by atoms with Crippen molar-refractivity contribution in [3.05, 3.63) is 36.0 Å². The molecule has 0 atom stereocenters. The molecule has 0 radical (unpaired) electrons. The van der Waals surface area contributed by atoms with Crippen LogP contribution in [-0.2, 0) is 6.18 Å². The molecule has 1 aromatic carbocycles. The molecule has 2 N–H and O–H groups in total. The van der Waals surface area contributed by atoms with Crippen molar-refractivity contribution in [1.82, 2.24) is 10.3 Å². The van der Waals surface area contributed by atoms with Gasteiger partial charge in [-0.25, -0.2) is 0 Å². The van der Waals surface area contributed by atoms with Gasteiger partial charge in [0.2, 0.25) is 0 Å². The third-order valence-corrected chi connectivity index (χ3v) is 3.75. The summed E-state index contributed by atoms with van der Waals surface area (Å²) in [6.45, 7) is 1.85. The lowest BCUT2D eigenvalue weighted by molar-refractivity contribution is -0.137. The molecule has 1 aliphatic rings. The molecule has 2 heterocycles. The van der Waals surface area contributed by atoms with Crippen molar-refractivity contribution in [2.24, 2.45) is 0 Å². The van der Waals surface area contributed by atoms with E-state index in [2.05, 4.69) is 15.6 Å². The first kappa shape index (κ1) is 14.1. The SMILES string of the molecule is FC(F)(F)c1cnc2cccc(NC3CCNCC3)c2c1. The Morgan fingerprint density at radius 3 is 2.67 bits per heavy atom. The quantitative estimate of drug-likeness (QED) is 0.891. The van der Waals surface area contributed by atoms with E-state index in [0.29, 0.717) is 10.9 Å². The van der Waals surface area contributed by atoms with Gasteiger partial charge in [-0.3, -0.25) is 4.98 Å². The Hall–Kier alpha value is -1.82. The number of pyridine rings is 1. The molecule has 0 bridgehead atoms. The molecule has 6 heteroatoms. The van der Waals surface area contributed by atoms with Gasteiger partial charge in [-0.05, 0) is 44.1 Å². The number of hydrogen-bond acceptors (Lipinski definition) is 3. The van der Waals surface area contributed by atoms with Crippen LogP contribution in [0, 0.1) is 0 Å². The van der Waals surface area contributed by atoms with Crippen LogP contribution in [0.1, 0.15) is 18.4 Å². The van der Waals surface area contributed by atoms with Gasteiger partial charge in [0.25, 0.3) is 0 Å². The minimum absolute atomic E-state index is 0.284. The summed E-state index contributed by atoms with van der Waals surface area (Å²) in [7, 11) is 0. The average Bonchev–Trinajstić information content (AvgIpc) is 2.47. The monoisotopic (exact) mass is 295 g/mol. The summed E-state index contributed by atoms with van der Waals surface area (Å²) >= 11 is 0. The van der Waals surface area contributed by atoms with Gasteiger partial charge < -0.3 is 10.6 Å². The zero-order chi connectivity index (χ0) is 14.9. The second-order valence-corrected chi connectivity index (χ2v) is 5.26. The topological polar surface area (TPSA) is 37.0 Å². The van der Waals surface area contributed by atoms with Crippen LogP contribution in [0.2, 0.25) is 0 Å². The molecule has 0 unspecified atom stereocenters. The predicted molar refractivity (Wildman–Crippen MR) is 76.3 cm³/mol. The van der Waals surface area contributed by atoms with Crippen molar-refractivity contribution in [3.8, 4) is 0 Å². The summed E-state index contributed by atoms with van der Waals surface area (Å²) in [5, 5.41) is 7.14. The van der Waals surface area contributed by atoms with Crippen molar-refractivity contribution >= 4 is 16.6 Å². The van der Waals surface area contributed by atoms with Gasteiger partial charge in [0.15, 0.2) is 0 Å². The number of hydrogen-bond donors (Lipinski definition) is 2. The van der Waals surface area contributed by atoms with Crippen LogP contribution in [0.5, 0.6) is 0 Å². The Bertz CT molecular complexity index is 634. The first-order valence-corrected chi connectivity index (χ1v) is 6.97. The maximum absolute atomic E-state index is 12.8. The van der Waals surface area contributed by atoms with E-state index in [1.54, 1.807) is 6.07 Å². The first-order valence-electron chi connectivity index (χ1n) is 6.97. The van der Waals surface area contributed by atoms with Crippen LogP contribution >= 0.6 is 0 Å². The highest BCUT2D eigenvalue weighted by atomic mass is 19.4. The summed E-state index contributed by atoms with van der Waals surface area (Å²) in [5.74, 6) is 0. The second-order valence-electron chi connectivity index (χ2n) is 5.26. The molecule has 1 aromatic heterocycles. The maximum Gasteiger partial charge on any atom is 0.417 e. The molecule has 1 fully saturated rings. The molecule has 21 heavy (non-hydrogen) atoms. The largest absolute Gasteiger partial charge is 0.417 e. The fourth-order valence-electron chi connectivity index (χ4n) is 2.62. The highest BCUT2D eigenvalue weighted by Crippen LogP contribution is 2.32. The molecule has 1 aliphatic heterocycles. The zero-order valence-corrected chi connectivity index (χ0v) is 11.4. The zero-order valence-electron chi connectivity index (χ0n) is 11.4. The standard InChI is InChI=1S/C15H16F3N3/c16-15(17,18)10-8-12-13(20-9-10)2-1-3-14(12)21-11-4-6-19-7-5-11/h1-3,8-9,11,19,21H,4-7H2. The molecule has 0 saturated carbocycles. The molecule has 1 saturated heterocycles. The number of halogens is 3. The van der Waals surface area contributed by atoms with Gasteiger partial charge in [0.05, 0.1) is 11.1 Å². The second kappa shape index (κ2) is 5.52. The Balaban J connectivity index is 1.97. The summed E-state index contributed by atoms with van der Waals surface area (Å²) in [5.41, 5.74) is 0.578. The molecular weight excluding hydrogens is 279 g/mol. The van der Waals surface area contributed by atoms with Crippen molar-refractivity contribution in [2.75, 3.05) is 18.4 Å². The number of anilines is 1. The van der Waals surface area contributed by atoms with Gasteiger partial charge in [-0.15, -0.1) is 0 Å². The van der Waals surface area contributed by atoms with Crippen molar-refractivity contribution in [1.29, 1.82) is 0 Å². The number of nitrogens with one attached hydrogen (secondary N) is 2. The molecule has 0 aliphatic carbocycles. The maximum atomic E-state index is 12.8. The first-order chi connectivity index (χ1) is 10.0. The third-order valence-electron chi connectivity index (χ3n) is 3.75. The molecular formula is C15H16F3N3. The summed E-state index contributed by atoms with van der Waals surface area (Å²) < 4.78 is 38.5. The predicted octanol–water partition coefficient (Wildman–Crippen LogP) is 3.42. The lowest BCUT2D eigenvalue weighted by Crippen LogP contribution is -2.35. The third kappa shape index (κ3) is 3.10. The van der Waals surface area contributed by atoms with Crippen molar-refractivity contribution in [3.63, 3.8) is 0 Å². The van der Waals surface area contributed by atoms with E-state index in [4.69, 9.17) is 0 Å². The van der Waals surface area contributed by atoms with E-state index >= 15 is 0 Å². The van der Waals surface area contributed by atoms with Crippen LogP contribution in [0.3, 0.4) is 0 Å². The van der Waals surface area contributed by atoms with Gasteiger partial charge in [-0.1, -0.05) is 6.07 Å². The number of aromatic nitrogens is 1. The highest BCUT2D eigenvalue weighted by Gasteiger charge is 2.31. The number of fused-ring (bicyclic) bond motifs is 1. The lowest BCUT2D eigenvalue weighted by atomic mass is 10.0. The Morgan fingerprint density at radius 1 is 1.19 bits per heavy atom. The summed E-state index contributed by atoms with van der Waals surface area (Å²) in [6.07, 6.45) is -1.56. The van der Waals surface area contributed by atoms with E-state index < -0.39 is 11.7 Å². The van der Waals surface area contributed by atoms with Crippen LogP contribution in [0.25, 0.3) is 10.9 Å². The van der Waals surface area contributed by atoms with E-state index in [1.165, 1.54) is 6.07 Å². The smallest absolute Gasteiger partial charge is 0.382 e. The van der Waals surface area contributed by atoms with E-state index in [-0.39, 0.29) is 6.04 Å². The molecule has 2 aromatic rings. The number of piperidine rings is 1. The Kier molecular flexibility index (Phi) is 3.71. The molecule has 3 rings (SSSR count). The van der Waals surface area contributed by atoms with Crippen molar-refractivity contribution in [2.45, 2.75) is 25.1 Å². The lowest BCUT2D eigenvalue weighted by Gasteiger charge is -2.25. The van der Waals surface area contributed by atoms with Gasteiger partial charge in [0.1, 0.15) is 0 Å². The van der Waals surface area contributed by atoms with Crippen LogP contribution in [-0.4, -0.2) is 24.1 Å². The number of rotatable bonds is 2. The fraction of sp³-hybridized carbons (Fsp3) is 0.400. The van der Waals surface area contributed by atoms with Crippen LogP contribution < -0.4 is 10.6 Å². The Labute approximate surface area is 120 Å². The average molecular weight is 295 g/mol. The Morgan fingerprint density at radius 2 is 1.95 bits per heavy atom. The highest BCUT2D eigenvalue weighted by molar-refractivity contribution is 5.91. The molecule has 0 spiro atoms. The number of benzene rings is 1. The van der Waals surface area contributed by atoms with Gasteiger partial charge in [-0.2, -0.15) is 13.2 Å². The normalized spacial score (nSPS) is 17.1. The van der Waals surface area contributed by atoms with Gasteiger partial charge in [0, 0.05) is 23.3 Å². The van der Waals surface area contributed by atoms with E-state index in [9.17, 15) is 13.2 Å². The molecule has 3 nitrogen and oxygen atoms in total.